The second kappa shape index (κ2) is 6.51. The molecule has 4 rings (SSSR count). The van der Waals surface area contributed by atoms with E-state index in [4.69, 9.17) is 10.3 Å². The highest BCUT2D eigenvalue weighted by molar-refractivity contribution is 7.18. The van der Waals surface area contributed by atoms with Gasteiger partial charge in [0, 0.05) is 4.88 Å². The van der Waals surface area contributed by atoms with Crippen molar-refractivity contribution < 1.29 is 4.52 Å². The fraction of sp³-hybridized carbons (Fsp3) is 0.500. The summed E-state index contributed by atoms with van der Waals surface area (Å²) >= 11 is 1.54. The minimum Gasteiger partial charge on any atom is -0.337 e. The molecule has 0 saturated heterocycles. The lowest BCUT2D eigenvalue weighted by Crippen LogP contribution is -2.34. The third-order valence-electron chi connectivity index (χ3n) is 4.87. The Morgan fingerprint density at radius 3 is 2.80 bits per heavy atom. The molecular weight excluding hydrogens is 362 g/mol. The first kappa shape index (κ1) is 18.0. The molecule has 3 aromatic heterocycles. The zero-order valence-corrected chi connectivity index (χ0v) is 15.7. The van der Waals surface area contributed by atoms with Crippen LogP contribution < -0.4 is 11.3 Å². The fourth-order valence-electron chi connectivity index (χ4n) is 3.28. The van der Waals surface area contributed by atoms with Crippen molar-refractivity contribution in [3.8, 4) is 0 Å². The summed E-state index contributed by atoms with van der Waals surface area (Å²) in [5.74, 6) is 0.925. The maximum atomic E-state index is 12.7. The number of hydrogen-bond acceptors (Lipinski definition) is 7. The Hall–Kier alpha value is -1.77. The Morgan fingerprint density at radius 1 is 1.36 bits per heavy atom. The first-order valence-electron chi connectivity index (χ1n) is 8.05. The van der Waals surface area contributed by atoms with Crippen LogP contribution in [0.25, 0.3) is 10.2 Å². The van der Waals surface area contributed by atoms with Crippen molar-refractivity contribution >= 4 is 34.0 Å². The first-order chi connectivity index (χ1) is 11.5. The monoisotopic (exact) mass is 381 g/mol. The number of thiophene rings is 1. The molecule has 134 valence electrons. The summed E-state index contributed by atoms with van der Waals surface area (Å²) in [6.45, 7) is 4.15. The molecule has 1 aliphatic rings. The predicted octanol–water partition coefficient (Wildman–Crippen LogP) is 2.66. The predicted molar refractivity (Wildman–Crippen MR) is 98.3 cm³/mol. The summed E-state index contributed by atoms with van der Waals surface area (Å²) in [6, 6.07) is 0. The molecule has 0 unspecified atom stereocenters. The zero-order valence-electron chi connectivity index (χ0n) is 14.1. The topological polar surface area (TPSA) is 99.8 Å². The van der Waals surface area contributed by atoms with E-state index in [0.29, 0.717) is 17.1 Å². The number of aryl methyl sites for hydroxylation is 2. The maximum absolute atomic E-state index is 12.7. The third kappa shape index (κ3) is 2.98. The van der Waals surface area contributed by atoms with Gasteiger partial charge in [-0.1, -0.05) is 18.0 Å². The lowest BCUT2D eigenvalue weighted by Gasteiger charge is -2.17. The second-order valence-corrected chi connectivity index (χ2v) is 7.72. The molecule has 1 saturated carbocycles. The number of fused-ring (bicyclic) bond motifs is 1. The number of rotatable bonds is 3. The lowest BCUT2D eigenvalue weighted by molar-refractivity contribution is 0.343. The van der Waals surface area contributed by atoms with E-state index in [9.17, 15) is 4.79 Å². The van der Waals surface area contributed by atoms with E-state index in [1.807, 2.05) is 13.8 Å². The Kier molecular flexibility index (Phi) is 4.70. The van der Waals surface area contributed by atoms with Gasteiger partial charge in [-0.15, -0.1) is 23.7 Å². The summed E-state index contributed by atoms with van der Waals surface area (Å²) in [6.07, 6.45) is 5.44. The van der Waals surface area contributed by atoms with Crippen molar-refractivity contribution in [3.63, 3.8) is 0 Å². The number of nitrogens with zero attached hydrogens (tertiary/aromatic N) is 4. The van der Waals surface area contributed by atoms with Gasteiger partial charge in [-0.3, -0.25) is 9.36 Å². The fourth-order valence-corrected chi connectivity index (χ4v) is 4.27. The van der Waals surface area contributed by atoms with Crippen LogP contribution in [0.2, 0.25) is 0 Å². The highest BCUT2D eigenvalue weighted by atomic mass is 35.5. The normalized spacial score (nSPS) is 16.3. The maximum Gasteiger partial charge on any atom is 0.262 e. The molecule has 3 heterocycles. The molecule has 9 heteroatoms. The van der Waals surface area contributed by atoms with Crippen LogP contribution in [0.3, 0.4) is 0 Å². The summed E-state index contributed by atoms with van der Waals surface area (Å²) in [4.78, 5) is 23.4. The van der Waals surface area contributed by atoms with Crippen LogP contribution in [0.4, 0.5) is 0 Å². The van der Waals surface area contributed by atoms with Gasteiger partial charge in [-0.25, -0.2) is 4.98 Å². The van der Waals surface area contributed by atoms with Crippen LogP contribution in [0.1, 0.15) is 47.8 Å². The van der Waals surface area contributed by atoms with Gasteiger partial charge in [0.05, 0.1) is 17.3 Å². The minimum atomic E-state index is -0.490. The van der Waals surface area contributed by atoms with Gasteiger partial charge in [0.15, 0.2) is 5.82 Å². The van der Waals surface area contributed by atoms with Gasteiger partial charge in [0.25, 0.3) is 5.56 Å². The van der Waals surface area contributed by atoms with Crippen molar-refractivity contribution in [2.75, 3.05) is 0 Å². The number of nitrogens with two attached hydrogens (primary N) is 1. The van der Waals surface area contributed by atoms with Crippen molar-refractivity contribution in [2.24, 2.45) is 5.73 Å². The van der Waals surface area contributed by atoms with Crippen LogP contribution >= 0.6 is 23.7 Å². The lowest BCUT2D eigenvalue weighted by atomic mass is 9.99. The van der Waals surface area contributed by atoms with E-state index < -0.39 is 5.54 Å². The molecule has 0 aliphatic heterocycles. The zero-order chi connectivity index (χ0) is 16.9. The molecule has 0 atom stereocenters. The Morgan fingerprint density at radius 2 is 2.08 bits per heavy atom. The van der Waals surface area contributed by atoms with Gasteiger partial charge >= 0.3 is 0 Å². The molecule has 0 amide bonds. The number of aromatic nitrogens is 4. The van der Waals surface area contributed by atoms with E-state index in [0.717, 1.165) is 41.0 Å². The average molecular weight is 382 g/mol. The van der Waals surface area contributed by atoms with E-state index in [1.54, 1.807) is 0 Å². The molecule has 0 spiro atoms. The Bertz CT molecular complexity index is 971. The average Bonchev–Trinajstić information content (AvgIpc) is 3.25. The van der Waals surface area contributed by atoms with Gasteiger partial charge < -0.3 is 10.3 Å². The van der Waals surface area contributed by atoms with Gasteiger partial charge in [-0.2, -0.15) is 4.98 Å². The summed E-state index contributed by atoms with van der Waals surface area (Å²) in [5.41, 5.74) is 6.77. The third-order valence-corrected chi connectivity index (χ3v) is 5.99. The van der Waals surface area contributed by atoms with Gasteiger partial charge in [-0.05, 0) is 32.3 Å². The van der Waals surface area contributed by atoms with Crippen LogP contribution in [-0.4, -0.2) is 19.7 Å². The second-order valence-electron chi connectivity index (χ2n) is 6.52. The van der Waals surface area contributed by atoms with E-state index in [2.05, 4.69) is 15.1 Å². The molecule has 1 fully saturated rings. The van der Waals surface area contributed by atoms with Crippen LogP contribution in [0.5, 0.6) is 0 Å². The van der Waals surface area contributed by atoms with Gasteiger partial charge in [0.2, 0.25) is 5.89 Å². The Balaban J connectivity index is 0.00000182. The minimum absolute atomic E-state index is 0. The summed E-state index contributed by atoms with van der Waals surface area (Å²) in [7, 11) is 0. The van der Waals surface area contributed by atoms with Crippen LogP contribution in [-0.2, 0) is 12.1 Å². The van der Waals surface area contributed by atoms with E-state index >= 15 is 0 Å². The number of hydrogen-bond donors (Lipinski definition) is 1. The van der Waals surface area contributed by atoms with Crippen LogP contribution in [0.15, 0.2) is 15.6 Å². The highest BCUT2D eigenvalue weighted by Gasteiger charge is 2.36. The van der Waals surface area contributed by atoms with E-state index in [-0.39, 0.29) is 24.5 Å². The molecule has 0 bridgehead atoms. The van der Waals surface area contributed by atoms with E-state index in [1.165, 1.54) is 22.2 Å². The SMILES string of the molecule is Cc1sc2ncn(Cc3nc(C4(N)CCCC4)no3)c(=O)c2c1C.Cl. The molecule has 0 radical (unpaired) electrons. The molecule has 3 aromatic rings. The first-order valence-corrected chi connectivity index (χ1v) is 8.87. The van der Waals surface area contributed by atoms with Crippen molar-refractivity contribution in [1.29, 1.82) is 0 Å². The quantitative estimate of drug-likeness (QED) is 0.748. The van der Waals surface area contributed by atoms with Crippen molar-refractivity contribution in [2.45, 2.75) is 51.6 Å². The Labute approximate surface area is 154 Å². The van der Waals surface area contributed by atoms with Crippen LogP contribution in [0, 0.1) is 13.8 Å². The molecule has 0 aromatic carbocycles. The summed E-state index contributed by atoms with van der Waals surface area (Å²) in [5, 5.41) is 4.71. The molecular formula is C16H20ClN5O2S. The standard InChI is InChI=1S/C16H19N5O2S.ClH/c1-9-10(2)24-13-12(9)14(22)21(8-18-13)7-11-19-15(20-23-11)16(17)5-3-4-6-16;/h8H,3-7,17H2,1-2H3;1H. The van der Waals surface area contributed by atoms with Gasteiger partial charge in [0.1, 0.15) is 11.4 Å². The largest absolute Gasteiger partial charge is 0.337 e. The molecule has 25 heavy (non-hydrogen) atoms. The van der Waals surface area contributed by atoms with Crippen molar-refractivity contribution in [3.05, 3.63) is 38.8 Å². The molecule has 2 N–H and O–H groups in total. The summed E-state index contributed by atoms with van der Waals surface area (Å²) < 4.78 is 6.83. The highest BCUT2D eigenvalue weighted by Crippen LogP contribution is 2.34. The van der Waals surface area contributed by atoms with Crippen molar-refractivity contribution in [1.82, 2.24) is 19.7 Å². The molecule has 1 aliphatic carbocycles. The molecule has 7 nitrogen and oxygen atoms in total. The smallest absolute Gasteiger partial charge is 0.262 e. The number of halogens is 1.